The van der Waals surface area contributed by atoms with Crippen LogP contribution in [-0.4, -0.2) is 18.5 Å². The molecule has 0 aliphatic carbocycles. The van der Waals surface area contributed by atoms with E-state index in [1.807, 2.05) is 13.1 Å². The Balaban J connectivity index is 2.81. The lowest BCUT2D eigenvalue weighted by atomic mass is 10.2. The van der Waals surface area contributed by atoms with E-state index in [2.05, 4.69) is 27.8 Å². The van der Waals surface area contributed by atoms with Gasteiger partial charge in [0.05, 0.1) is 0 Å². The highest BCUT2D eigenvalue weighted by Crippen LogP contribution is 2.16. The molecule has 3 heteroatoms. The van der Waals surface area contributed by atoms with Crippen LogP contribution in [0.25, 0.3) is 0 Å². The largest absolute Gasteiger partial charge is 0.302 e. The van der Waals surface area contributed by atoms with E-state index < -0.39 is 0 Å². The molecule has 0 atom stereocenters. The zero-order valence-corrected chi connectivity index (χ0v) is 9.44. The van der Waals surface area contributed by atoms with Crippen LogP contribution >= 0.6 is 15.9 Å². The first-order chi connectivity index (χ1) is 6.13. The lowest BCUT2D eigenvalue weighted by Crippen LogP contribution is -2.17. The molecular formula is C10H13BrFN. The topological polar surface area (TPSA) is 3.24 Å². The standard InChI is InChI=1S/C10H13BrFN/c1-3-13(2)7-8-6-9(11)4-5-10(8)12/h4-6H,3,7H2,1-2H3. The summed E-state index contributed by atoms with van der Waals surface area (Å²) in [7, 11) is 1.97. The molecule has 1 nitrogen and oxygen atoms in total. The third kappa shape index (κ3) is 3.08. The van der Waals surface area contributed by atoms with Crippen LogP contribution in [0.3, 0.4) is 0 Å². The van der Waals surface area contributed by atoms with Crippen LogP contribution in [0.15, 0.2) is 22.7 Å². The summed E-state index contributed by atoms with van der Waals surface area (Å²) in [5, 5.41) is 0. The summed E-state index contributed by atoms with van der Waals surface area (Å²) in [6.45, 7) is 3.63. The molecule has 0 amide bonds. The monoisotopic (exact) mass is 245 g/mol. The fourth-order valence-corrected chi connectivity index (χ4v) is 1.48. The van der Waals surface area contributed by atoms with Crippen LogP contribution in [0.2, 0.25) is 0 Å². The van der Waals surface area contributed by atoms with Gasteiger partial charge in [-0.25, -0.2) is 4.39 Å². The van der Waals surface area contributed by atoms with Gasteiger partial charge in [-0.3, -0.25) is 0 Å². The summed E-state index contributed by atoms with van der Waals surface area (Å²) in [5.74, 6) is -0.136. The van der Waals surface area contributed by atoms with Crippen molar-refractivity contribution in [2.45, 2.75) is 13.5 Å². The maximum absolute atomic E-state index is 13.2. The lowest BCUT2D eigenvalue weighted by Gasteiger charge is -2.14. The molecule has 0 spiro atoms. The highest BCUT2D eigenvalue weighted by Gasteiger charge is 2.04. The van der Waals surface area contributed by atoms with Gasteiger partial charge in [0.1, 0.15) is 5.82 Å². The van der Waals surface area contributed by atoms with E-state index in [1.165, 1.54) is 6.07 Å². The van der Waals surface area contributed by atoms with Crippen molar-refractivity contribution < 1.29 is 4.39 Å². The first-order valence-electron chi connectivity index (χ1n) is 4.26. The van der Waals surface area contributed by atoms with Crippen LogP contribution in [0.5, 0.6) is 0 Å². The van der Waals surface area contributed by atoms with Crippen molar-refractivity contribution in [1.29, 1.82) is 0 Å². The van der Waals surface area contributed by atoms with Gasteiger partial charge in [0.15, 0.2) is 0 Å². The molecule has 0 saturated heterocycles. The van der Waals surface area contributed by atoms with Crippen molar-refractivity contribution in [3.05, 3.63) is 34.1 Å². The lowest BCUT2D eigenvalue weighted by molar-refractivity contribution is 0.339. The Morgan fingerprint density at radius 3 is 2.77 bits per heavy atom. The summed E-state index contributed by atoms with van der Waals surface area (Å²) in [6, 6.07) is 5.02. The van der Waals surface area contributed by atoms with Crippen molar-refractivity contribution in [2.75, 3.05) is 13.6 Å². The Morgan fingerprint density at radius 1 is 1.46 bits per heavy atom. The van der Waals surface area contributed by atoms with Crippen molar-refractivity contribution in [2.24, 2.45) is 0 Å². The van der Waals surface area contributed by atoms with E-state index in [0.717, 1.165) is 16.6 Å². The average Bonchev–Trinajstić information content (AvgIpc) is 2.11. The first kappa shape index (κ1) is 10.7. The molecule has 72 valence electrons. The van der Waals surface area contributed by atoms with Crippen LogP contribution in [-0.2, 0) is 6.54 Å². The second kappa shape index (κ2) is 4.72. The summed E-state index contributed by atoms with van der Waals surface area (Å²) in [6.07, 6.45) is 0. The van der Waals surface area contributed by atoms with Crippen LogP contribution in [0.1, 0.15) is 12.5 Å². The van der Waals surface area contributed by atoms with Gasteiger partial charge < -0.3 is 4.90 Å². The Labute approximate surface area is 86.7 Å². The van der Waals surface area contributed by atoms with E-state index in [0.29, 0.717) is 6.54 Å². The minimum Gasteiger partial charge on any atom is -0.302 e. The van der Waals surface area contributed by atoms with Gasteiger partial charge in [-0.1, -0.05) is 22.9 Å². The van der Waals surface area contributed by atoms with Gasteiger partial charge in [0, 0.05) is 16.6 Å². The maximum atomic E-state index is 13.2. The highest BCUT2D eigenvalue weighted by molar-refractivity contribution is 9.10. The fraction of sp³-hybridized carbons (Fsp3) is 0.400. The van der Waals surface area contributed by atoms with Crippen molar-refractivity contribution >= 4 is 15.9 Å². The second-order valence-electron chi connectivity index (χ2n) is 3.07. The van der Waals surface area contributed by atoms with Crippen molar-refractivity contribution in [3.63, 3.8) is 0 Å². The number of rotatable bonds is 3. The molecule has 0 fully saturated rings. The van der Waals surface area contributed by atoms with Crippen LogP contribution < -0.4 is 0 Å². The number of hydrogen-bond donors (Lipinski definition) is 0. The second-order valence-corrected chi connectivity index (χ2v) is 3.98. The summed E-state index contributed by atoms with van der Waals surface area (Å²) >= 11 is 3.32. The molecule has 13 heavy (non-hydrogen) atoms. The van der Waals surface area contributed by atoms with E-state index in [1.54, 1.807) is 6.07 Å². The van der Waals surface area contributed by atoms with E-state index in [9.17, 15) is 4.39 Å². The van der Waals surface area contributed by atoms with Crippen LogP contribution in [0.4, 0.5) is 4.39 Å². The quantitative estimate of drug-likeness (QED) is 0.792. The molecule has 0 unspecified atom stereocenters. The van der Waals surface area contributed by atoms with E-state index >= 15 is 0 Å². The minimum absolute atomic E-state index is 0.136. The van der Waals surface area contributed by atoms with Crippen molar-refractivity contribution in [3.8, 4) is 0 Å². The van der Waals surface area contributed by atoms with Gasteiger partial charge in [-0.2, -0.15) is 0 Å². The summed E-state index contributed by atoms with van der Waals surface area (Å²) < 4.78 is 14.1. The average molecular weight is 246 g/mol. The smallest absolute Gasteiger partial charge is 0.127 e. The summed E-state index contributed by atoms with van der Waals surface area (Å²) in [5.41, 5.74) is 0.735. The maximum Gasteiger partial charge on any atom is 0.127 e. The van der Waals surface area contributed by atoms with E-state index in [-0.39, 0.29) is 5.82 Å². The van der Waals surface area contributed by atoms with Crippen molar-refractivity contribution in [1.82, 2.24) is 4.90 Å². The predicted octanol–water partition coefficient (Wildman–Crippen LogP) is 3.04. The third-order valence-corrected chi connectivity index (χ3v) is 2.48. The van der Waals surface area contributed by atoms with Gasteiger partial charge in [0.25, 0.3) is 0 Å². The van der Waals surface area contributed by atoms with Gasteiger partial charge in [-0.15, -0.1) is 0 Å². The molecule has 1 aromatic carbocycles. The van der Waals surface area contributed by atoms with Gasteiger partial charge in [-0.05, 0) is 31.8 Å². The molecule has 1 aromatic rings. The molecule has 0 aliphatic heterocycles. The predicted molar refractivity (Wildman–Crippen MR) is 56.1 cm³/mol. The van der Waals surface area contributed by atoms with E-state index in [4.69, 9.17) is 0 Å². The molecule has 1 rings (SSSR count). The molecule has 0 saturated carbocycles. The number of nitrogens with zero attached hydrogens (tertiary/aromatic N) is 1. The molecule has 0 aromatic heterocycles. The molecule has 0 heterocycles. The molecular weight excluding hydrogens is 233 g/mol. The first-order valence-corrected chi connectivity index (χ1v) is 5.05. The number of hydrogen-bond acceptors (Lipinski definition) is 1. The molecule has 0 bridgehead atoms. The Morgan fingerprint density at radius 2 is 2.15 bits per heavy atom. The number of halogens is 2. The Bertz CT molecular complexity index is 288. The normalized spacial score (nSPS) is 10.8. The summed E-state index contributed by atoms with van der Waals surface area (Å²) in [4.78, 5) is 2.06. The zero-order valence-electron chi connectivity index (χ0n) is 7.85. The van der Waals surface area contributed by atoms with Gasteiger partial charge >= 0.3 is 0 Å². The SMILES string of the molecule is CCN(C)Cc1cc(Br)ccc1F. The fourth-order valence-electron chi connectivity index (χ4n) is 1.07. The minimum atomic E-state index is -0.136. The Hall–Kier alpha value is -0.410. The molecule has 0 aliphatic rings. The molecule has 0 radical (unpaired) electrons. The highest BCUT2D eigenvalue weighted by atomic mass is 79.9. The third-order valence-electron chi connectivity index (χ3n) is 1.99. The zero-order chi connectivity index (χ0) is 9.84. The molecule has 0 N–H and O–H groups in total. The number of benzene rings is 1. The van der Waals surface area contributed by atoms with Crippen LogP contribution in [0, 0.1) is 5.82 Å². The Kier molecular flexibility index (Phi) is 3.88. The van der Waals surface area contributed by atoms with Gasteiger partial charge in [0.2, 0.25) is 0 Å².